The van der Waals surface area contributed by atoms with Gasteiger partial charge in [-0.15, -0.1) is 0 Å². The lowest BCUT2D eigenvalue weighted by Gasteiger charge is -2.26. The van der Waals surface area contributed by atoms with E-state index in [9.17, 15) is 14.4 Å². The van der Waals surface area contributed by atoms with E-state index in [1.807, 2.05) is 49.4 Å². The summed E-state index contributed by atoms with van der Waals surface area (Å²) in [6.07, 6.45) is 1.10. The summed E-state index contributed by atoms with van der Waals surface area (Å²) in [5, 5.41) is 5.60. The summed E-state index contributed by atoms with van der Waals surface area (Å²) in [7, 11) is 0. The van der Waals surface area contributed by atoms with E-state index in [1.54, 1.807) is 13.0 Å². The van der Waals surface area contributed by atoms with Gasteiger partial charge in [0.05, 0.1) is 0 Å². The highest BCUT2D eigenvalue weighted by molar-refractivity contribution is 5.95. The van der Waals surface area contributed by atoms with Crippen LogP contribution in [0.1, 0.15) is 28.1 Å². The van der Waals surface area contributed by atoms with Gasteiger partial charge >= 0.3 is 0 Å². The molecular weight excluding hydrogens is 418 g/mol. The standard InChI is InChI=1S/C25H27N5O3/c1-15-10-19-12-20(11-17-6-4-3-5-7-17)24(32)29-23(19)25(33)30(15)14-22(31)27-13-18-8-9-21(26)28-16(18)2/h3-10,20H,11-14H2,1-2H3,(H2,26,28)(H,27,31)(H,29,32)/t20-/m1/s1. The Morgan fingerprint density at radius 2 is 1.94 bits per heavy atom. The van der Waals surface area contributed by atoms with Crippen molar-refractivity contribution in [2.75, 3.05) is 11.1 Å². The molecule has 170 valence electrons. The molecule has 0 fully saturated rings. The smallest absolute Gasteiger partial charge is 0.275 e. The molecule has 0 saturated carbocycles. The number of fused-ring (bicyclic) bond motifs is 1. The van der Waals surface area contributed by atoms with Gasteiger partial charge in [-0.1, -0.05) is 36.4 Å². The monoisotopic (exact) mass is 445 g/mol. The Morgan fingerprint density at radius 1 is 1.18 bits per heavy atom. The van der Waals surface area contributed by atoms with Crippen molar-refractivity contribution in [1.82, 2.24) is 14.9 Å². The van der Waals surface area contributed by atoms with E-state index in [0.717, 1.165) is 22.4 Å². The van der Waals surface area contributed by atoms with E-state index in [2.05, 4.69) is 15.6 Å². The first-order chi connectivity index (χ1) is 15.8. The van der Waals surface area contributed by atoms with Crippen LogP contribution < -0.4 is 21.9 Å². The number of hydrogen-bond donors (Lipinski definition) is 3. The van der Waals surface area contributed by atoms with Gasteiger partial charge in [-0.05, 0) is 55.5 Å². The minimum Gasteiger partial charge on any atom is -0.384 e. The van der Waals surface area contributed by atoms with Gasteiger partial charge in [-0.3, -0.25) is 14.4 Å². The molecule has 1 atom stereocenters. The number of nitrogens with two attached hydrogens (primary N) is 1. The zero-order chi connectivity index (χ0) is 23.5. The molecule has 0 bridgehead atoms. The predicted octanol–water partition coefficient (Wildman–Crippen LogP) is 2.11. The number of benzene rings is 1. The van der Waals surface area contributed by atoms with Crippen molar-refractivity contribution in [3.8, 4) is 0 Å². The second-order valence-electron chi connectivity index (χ2n) is 8.41. The number of aryl methyl sites for hydroxylation is 2. The molecule has 0 unspecified atom stereocenters. The Balaban J connectivity index is 1.47. The number of anilines is 2. The topological polar surface area (TPSA) is 119 Å². The molecule has 1 aliphatic heterocycles. The number of amides is 2. The molecule has 8 nitrogen and oxygen atoms in total. The van der Waals surface area contributed by atoms with Gasteiger partial charge < -0.3 is 20.9 Å². The fourth-order valence-electron chi connectivity index (χ4n) is 4.16. The first-order valence-electron chi connectivity index (χ1n) is 10.9. The van der Waals surface area contributed by atoms with Gasteiger partial charge in [-0.2, -0.15) is 0 Å². The summed E-state index contributed by atoms with van der Waals surface area (Å²) in [6, 6.07) is 15.2. The summed E-state index contributed by atoms with van der Waals surface area (Å²) < 4.78 is 1.39. The van der Waals surface area contributed by atoms with Crippen molar-refractivity contribution < 1.29 is 9.59 Å². The maximum atomic E-state index is 13.1. The van der Waals surface area contributed by atoms with Crippen molar-refractivity contribution in [3.05, 3.63) is 87.0 Å². The average molecular weight is 446 g/mol. The highest BCUT2D eigenvalue weighted by Crippen LogP contribution is 2.26. The first kappa shape index (κ1) is 22.3. The van der Waals surface area contributed by atoms with Crippen molar-refractivity contribution in [3.63, 3.8) is 0 Å². The molecular formula is C25H27N5O3. The lowest BCUT2D eigenvalue weighted by atomic mass is 9.88. The molecule has 0 saturated heterocycles. The van der Waals surface area contributed by atoms with Crippen LogP contribution in [0.3, 0.4) is 0 Å². The van der Waals surface area contributed by atoms with Gasteiger partial charge in [0.15, 0.2) is 0 Å². The summed E-state index contributed by atoms with van der Waals surface area (Å²) in [4.78, 5) is 42.5. The van der Waals surface area contributed by atoms with Gasteiger partial charge in [0.25, 0.3) is 5.56 Å². The Hall–Kier alpha value is -3.94. The number of nitrogens with one attached hydrogen (secondary N) is 2. The van der Waals surface area contributed by atoms with E-state index < -0.39 is 0 Å². The molecule has 33 heavy (non-hydrogen) atoms. The number of aromatic nitrogens is 2. The lowest BCUT2D eigenvalue weighted by Crippen LogP contribution is -2.39. The van der Waals surface area contributed by atoms with Gasteiger partial charge in [0.2, 0.25) is 11.8 Å². The summed E-state index contributed by atoms with van der Waals surface area (Å²) in [5.41, 5.74) is 9.71. The second-order valence-corrected chi connectivity index (χ2v) is 8.41. The molecule has 4 N–H and O–H groups in total. The highest BCUT2D eigenvalue weighted by atomic mass is 16.2. The van der Waals surface area contributed by atoms with Crippen LogP contribution in [0.15, 0.2) is 53.3 Å². The molecule has 1 aromatic carbocycles. The van der Waals surface area contributed by atoms with E-state index >= 15 is 0 Å². The van der Waals surface area contributed by atoms with E-state index in [-0.39, 0.29) is 42.1 Å². The average Bonchev–Trinajstić information content (AvgIpc) is 2.78. The van der Waals surface area contributed by atoms with Crippen molar-refractivity contribution in [1.29, 1.82) is 0 Å². The zero-order valence-electron chi connectivity index (χ0n) is 18.7. The van der Waals surface area contributed by atoms with E-state index in [1.165, 1.54) is 4.57 Å². The largest absolute Gasteiger partial charge is 0.384 e. The lowest BCUT2D eigenvalue weighted by molar-refractivity contribution is -0.122. The van der Waals surface area contributed by atoms with Crippen molar-refractivity contribution in [2.45, 2.75) is 39.8 Å². The fraction of sp³-hybridized carbons (Fsp3) is 0.280. The Kier molecular flexibility index (Phi) is 6.26. The van der Waals surface area contributed by atoms with Gasteiger partial charge in [-0.25, -0.2) is 4.98 Å². The number of pyridine rings is 2. The van der Waals surface area contributed by atoms with Crippen LogP contribution in [0.2, 0.25) is 0 Å². The maximum Gasteiger partial charge on any atom is 0.275 e. The number of carbonyl (C=O) groups excluding carboxylic acids is 2. The number of nitrogen functional groups attached to an aromatic ring is 1. The molecule has 2 aromatic heterocycles. The van der Waals surface area contributed by atoms with Crippen LogP contribution in [-0.4, -0.2) is 21.4 Å². The molecule has 3 heterocycles. The molecule has 8 heteroatoms. The van der Waals surface area contributed by atoms with Crippen molar-refractivity contribution >= 4 is 23.3 Å². The summed E-state index contributed by atoms with van der Waals surface area (Å²) in [5.74, 6) is -0.295. The number of nitrogens with zero attached hydrogens (tertiary/aromatic N) is 2. The van der Waals surface area contributed by atoms with Crippen molar-refractivity contribution in [2.24, 2.45) is 5.92 Å². The second kappa shape index (κ2) is 9.28. The molecule has 1 aliphatic rings. The van der Waals surface area contributed by atoms with E-state index in [4.69, 9.17) is 5.73 Å². The summed E-state index contributed by atoms with van der Waals surface area (Å²) >= 11 is 0. The summed E-state index contributed by atoms with van der Waals surface area (Å²) in [6.45, 7) is 3.77. The zero-order valence-corrected chi connectivity index (χ0v) is 18.7. The SMILES string of the molecule is Cc1nc(N)ccc1CNC(=O)Cn1c(C)cc2c(c1=O)NC(=O)[C@H](Cc1ccccc1)C2. The Bertz CT molecular complexity index is 1270. The fourth-order valence-corrected chi connectivity index (χ4v) is 4.16. The van der Waals surface area contributed by atoms with Crippen LogP contribution in [0.25, 0.3) is 0 Å². The van der Waals surface area contributed by atoms with Gasteiger partial charge in [0.1, 0.15) is 18.1 Å². The molecule has 0 radical (unpaired) electrons. The normalized spacial score (nSPS) is 15.0. The Labute approximate surface area is 191 Å². The van der Waals surface area contributed by atoms with Crippen LogP contribution in [0.5, 0.6) is 0 Å². The third kappa shape index (κ3) is 4.95. The van der Waals surface area contributed by atoms with Gasteiger partial charge in [0, 0.05) is 23.9 Å². The molecule has 0 aliphatic carbocycles. The minimum atomic E-state index is -0.364. The highest BCUT2D eigenvalue weighted by Gasteiger charge is 2.29. The predicted molar refractivity (Wildman–Crippen MR) is 127 cm³/mol. The van der Waals surface area contributed by atoms with Crippen LogP contribution in [0, 0.1) is 19.8 Å². The quantitative estimate of drug-likeness (QED) is 0.537. The maximum absolute atomic E-state index is 13.1. The first-order valence-corrected chi connectivity index (χ1v) is 10.9. The molecule has 2 amide bonds. The third-order valence-electron chi connectivity index (χ3n) is 5.99. The molecule has 4 rings (SSSR count). The Morgan fingerprint density at radius 3 is 2.67 bits per heavy atom. The van der Waals surface area contributed by atoms with E-state index in [0.29, 0.717) is 24.4 Å². The number of rotatable bonds is 6. The number of hydrogen-bond acceptors (Lipinski definition) is 5. The van der Waals surface area contributed by atoms with Crippen LogP contribution in [-0.2, 0) is 35.5 Å². The van der Waals surface area contributed by atoms with Crippen LogP contribution >= 0.6 is 0 Å². The molecule has 0 spiro atoms. The number of carbonyl (C=O) groups is 2. The van der Waals surface area contributed by atoms with Crippen LogP contribution in [0.4, 0.5) is 11.5 Å². The molecule has 3 aromatic rings. The minimum absolute atomic E-state index is 0.136. The third-order valence-corrected chi connectivity index (χ3v) is 5.99.